The van der Waals surface area contributed by atoms with Gasteiger partial charge in [-0.3, -0.25) is 9.59 Å². The highest BCUT2D eigenvalue weighted by Gasteiger charge is 2.26. The Bertz CT molecular complexity index is 1130. The average Bonchev–Trinajstić information content (AvgIpc) is 2.74. The SMILES string of the molecule is COC[C@H](C)NS(=O)(=O)c1ccc(NC(=O)C2=NN(c3cccc(C)c3)C(=O)CC2)cc1. The van der Waals surface area contributed by atoms with Gasteiger partial charge in [0.25, 0.3) is 5.91 Å². The molecule has 10 heteroatoms. The van der Waals surface area contributed by atoms with Crippen LogP contribution in [0.1, 0.15) is 25.3 Å². The van der Waals surface area contributed by atoms with Crippen LogP contribution in [0, 0.1) is 6.92 Å². The summed E-state index contributed by atoms with van der Waals surface area (Å²) in [7, 11) is -2.21. The normalized spacial score (nSPS) is 15.3. The van der Waals surface area contributed by atoms with Gasteiger partial charge in [0.1, 0.15) is 5.71 Å². The third-order valence-electron chi connectivity index (χ3n) is 4.74. The van der Waals surface area contributed by atoms with Crippen LogP contribution in [-0.2, 0) is 24.3 Å². The van der Waals surface area contributed by atoms with Crippen molar-refractivity contribution in [1.82, 2.24) is 4.72 Å². The Balaban J connectivity index is 1.71. The van der Waals surface area contributed by atoms with E-state index in [-0.39, 0.29) is 42.0 Å². The molecule has 2 aromatic rings. The lowest BCUT2D eigenvalue weighted by Crippen LogP contribution is -2.36. The van der Waals surface area contributed by atoms with Gasteiger partial charge in [-0.25, -0.2) is 18.1 Å². The minimum absolute atomic E-state index is 0.0738. The van der Waals surface area contributed by atoms with Crippen molar-refractivity contribution in [2.45, 2.75) is 37.6 Å². The lowest BCUT2D eigenvalue weighted by molar-refractivity contribution is -0.118. The number of nitrogens with one attached hydrogen (secondary N) is 2. The van der Waals surface area contributed by atoms with Crippen molar-refractivity contribution in [2.24, 2.45) is 5.10 Å². The maximum atomic E-state index is 12.7. The fourth-order valence-corrected chi connectivity index (χ4v) is 4.44. The van der Waals surface area contributed by atoms with Gasteiger partial charge >= 0.3 is 0 Å². The van der Waals surface area contributed by atoms with E-state index in [1.165, 1.54) is 36.4 Å². The maximum Gasteiger partial charge on any atom is 0.271 e. The number of rotatable bonds is 8. The molecule has 1 atom stereocenters. The van der Waals surface area contributed by atoms with E-state index >= 15 is 0 Å². The lowest BCUT2D eigenvalue weighted by Gasteiger charge is -2.23. The average molecular weight is 459 g/mol. The van der Waals surface area contributed by atoms with Crippen molar-refractivity contribution in [2.75, 3.05) is 24.0 Å². The van der Waals surface area contributed by atoms with E-state index in [0.29, 0.717) is 11.4 Å². The van der Waals surface area contributed by atoms with Gasteiger partial charge in [0.15, 0.2) is 0 Å². The van der Waals surface area contributed by atoms with Gasteiger partial charge in [-0.2, -0.15) is 5.10 Å². The van der Waals surface area contributed by atoms with Crippen molar-refractivity contribution in [3.8, 4) is 0 Å². The molecule has 170 valence electrons. The van der Waals surface area contributed by atoms with Crippen molar-refractivity contribution < 1.29 is 22.7 Å². The van der Waals surface area contributed by atoms with Crippen molar-refractivity contribution >= 4 is 38.9 Å². The number of anilines is 2. The number of hydrazone groups is 1. The number of sulfonamides is 1. The molecule has 1 heterocycles. The lowest BCUT2D eigenvalue weighted by atomic mass is 10.1. The summed E-state index contributed by atoms with van der Waals surface area (Å²) in [4.78, 5) is 25.1. The van der Waals surface area contributed by atoms with Crippen LogP contribution < -0.4 is 15.0 Å². The molecule has 2 N–H and O–H groups in total. The van der Waals surface area contributed by atoms with Crippen LogP contribution in [0.5, 0.6) is 0 Å². The molecular formula is C22H26N4O5S. The summed E-state index contributed by atoms with van der Waals surface area (Å²) in [6.07, 6.45) is 0.392. The summed E-state index contributed by atoms with van der Waals surface area (Å²) in [6.45, 7) is 3.86. The molecule has 2 aromatic carbocycles. The number of methoxy groups -OCH3 is 1. The zero-order valence-electron chi connectivity index (χ0n) is 18.2. The predicted molar refractivity (Wildman–Crippen MR) is 122 cm³/mol. The van der Waals surface area contributed by atoms with Crippen LogP contribution >= 0.6 is 0 Å². The molecule has 2 amide bonds. The molecule has 0 fully saturated rings. The van der Waals surface area contributed by atoms with Gasteiger partial charge in [0.05, 0.1) is 17.2 Å². The molecule has 0 aromatic heterocycles. The fraction of sp³-hybridized carbons (Fsp3) is 0.318. The maximum absolute atomic E-state index is 12.7. The van der Waals surface area contributed by atoms with E-state index in [1.807, 2.05) is 25.1 Å². The number of hydrogen-bond donors (Lipinski definition) is 2. The van der Waals surface area contributed by atoms with Gasteiger partial charge < -0.3 is 10.1 Å². The summed E-state index contributed by atoms with van der Waals surface area (Å²) in [5.41, 5.74) is 2.21. The number of benzene rings is 2. The quantitative estimate of drug-likeness (QED) is 0.630. The summed E-state index contributed by atoms with van der Waals surface area (Å²) in [5, 5.41) is 8.20. The molecule has 0 saturated carbocycles. The second kappa shape index (κ2) is 10.0. The van der Waals surface area contributed by atoms with Crippen LogP contribution in [0.2, 0.25) is 0 Å². The Morgan fingerprint density at radius 1 is 1.19 bits per heavy atom. The third-order valence-corrected chi connectivity index (χ3v) is 6.34. The summed E-state index contributed by atoms with van der Waals surface area (Å²) in [5.74, 6) is -0.630. The van der Waals surface area contributed by atoms with Crippen LogP contribution in [0.25, 0.3) is 0 Å². The molecule has 3 rings (SSSR count). The van der Waals surface area contributed by atoms with E-state index in [0.717, 1.165) is 5.56 Å². The topological polar surface area (TPSA) is 117 Å². The number of aryl methyl sites for hydroxylation is 1. The number of carbonyl (C=O) groups excluding carboxylic acids is 2. The number of hydrogen-bond acceptors (Lipinski definition) is 6. The Hall–Kier alpha value is -3.08. The molecule has 1 aliphatic rings. The zero-order valence-corrected chi connectivity index (χ0v) is 19.0. The first-order chi connectivity index (χ1) is 15.2. The Morgan fingerprint density at radius 2 is 1.91 bits per heavy atom. The fourth-order valence-electron chi connectivity index (χ4n) is 3.22. The summed E-state index contributed by atoms with van der Waals surface area (Å²) < 4.78 is 32.3. The van der Waals surface area contributed by atoms with E-state index < -0.39 is 15.9 Å². The second-order valence-corrected chi connectivity index (χ2v) is 9.26. The highest BCUT2D eigenvalue weighted by Crippen LogP contribution is 2.22. The van der Waals surface area contributed by atoms with Gasteiger partial charge in [0.2, 0.25) is 15.9 Å². The standard InChI is InChI=1S/C22H26N4O5S/c1-15-5-4-6-18(13-15)26-21(27)12-11-20(24-26)22(28)23-17-7-9-19(10-8-17)32(29,30)25-16(2)14-31-3/h4-10,13,16,25H,11-12,14H2,1-3H3,(H,23,28)/t16-/m0/s1. The minimum atomic E-state index is -3.71. The first-order valence-electron chi connectivity index (χ1n) is 10.1. The molecule has 0 saturated heterocycles. The minimum Gasteiger partial charge on any atom is -0.383 e. The van der Waals surface area contributed by atoms with Crippen molar-refractivity contribution in [3.63, 3.8) is 0 Å². The highest BCUT2D eigenvalue weighted by molar-refractivity contribution is 7.89. The second-order valence-electron chi connectivity index (χ2n) is 7.55. The van der Waals surface area contributed by atoms with Crippen LogP contribution in [0.15, 0.2) is 58.5 Å². The molecule has 1 aliphatic heterocycles. The molecule has 9 nitrogen and oxygen atoms in total. The van der Waals surface area contributed by atoms with Gasteiger partial charge in [-0.05, 0) is 55.8 Å². The molecule has 0 aliphatic carbocycles. The van der Waals surface area contributed by atoms with E-state index in [2.05, 4.69) is 15.1 Å². The Labute approximate surface area is 187 Å². The number of amides is 2. The molecule has 0 radical (unpaired) electrons. The van der Waals surface area contributed by atoms with Crippen molar-refractivity contribution in [3.05, 3.63) is 54.1 Å². The smallest absolute Gasteiger partial charge is 0.271 e. The zero-order chi connectivity index (χ0) is 23.3. The first-order valence-corrected chi connectivity index (χ1v) is 11.6. The largest absolute Gasteiger partial charge is 0.383 e. The molecule has 0 bridgehead atoms. The van der Waals surface area contributed by atoms with Crippen LogP contribution in [-0.4, -0.2) is 45.7 Å². The third kappa shape index (κ3) is 5.78. The van der Waals surface area contributed by atoms with E-state index in [1.54, 1.807) is 13.0 Å². The molecule has 0 unspecified atom stereocenters. The number of carbonyl (C=O) groups is 2. The molecule has 32 heavy (non-hydrogen) atoms. The van der Waals surface area contributed by atoms with Gasteiger partial charge in [0, 0.05) is 31.7 Å². The molecule has 0 spiro atoms. The van der Waals surface area contributed by atoms with Crippen LogP contribution in [0.4, 0.5) is 11.4 Å². The number of nitrogens with zero attached hydrogens (tertiary/aromatic N) is 2. The van der Waals surface area contributed by atoms with Gasteiger partial charge in [-0.1, -0.05) is 12.1 Å². The van der Waals surface area contributed by atoms with Gasteiger partial charge in [-0.15, -0.1) is 0 Å². The first kappa shape index (κ1) is 23.6. The monoisotopic (exact) mass is 458 g/mol. The summed E-state index contributed by atoms with van der Waals surface area (Å²) in [6, 6.07) is 12.7. The van der Waals surface area contributed by atoms with E-state index in [4.69, 9.17) is 4.74 Å². The van der Waals surface area contributed by atoms with Crippen LogP contribution in [0.3, 0.4) is 0 Å². The van der Waals surface area contributed by atoms with E-state index in [9.17, 15) is 18.0 Å². The predicted octanol–water partition coefficient (Wildman–Crippen LogP) is 2.43. The Kier molecular flexibility index (Phi) is 7.39. The summed E-state index contributed by atoms with van der Waals surface area (Å²) >= 11 is 0. The highest BCUT2D eigenvalue weighted by atomic mass is 32.2. The van der Waals surface area contributed by atoms with Crippen molar-refractivity contribution in [1.29, 1.82) is 0 Å². The number of ether oxygens (including phenoxy) is 1. The molecular weight excluding hydrogens is 432 g/mol. The Morgan fingerprint density at radius 3 is 2.56 bits per heavy atom.